The van der Waals surface area contributed by atoms with Gasteiger partial charge in [0.05, 0.1) is 25.8 Å². The molecule has 1 N–H and O–H groups in total. The standard InChI is InChI=1S/C17H19ClN2O7/c1-9(15(22)19-17(24)26-3)27-16(23)10-6-14(21)20(8-10)12-7-11(18)4-5-13(12)25-2/h4-5,7,9-10H,6,8H2,1-3H3,(H,19,22,24)/t9-,10-/m1/s1. The minimum atomic E-state index is -1.22. The molecule has 1 aromatic carbocycles. The van der Waals surface area contributed by atoms with Gasteiger partial charge in [-0.15, -0.1) is 0 Å². The largest absolute Gasteiger partial charge is 0.495 e. The van der Waals surface area contributed by atoms with Crippen molar-refractivity contribution in [2.75, 3.05) is 25.7 Å². The van der Waals surface area contributed by atoms with E-state index in [1.165, 1.54) is 18.9 Å². The topological polar surface area (TPSA) is 111 Å². The highest BCUT2D eigenvalue weighted by molar-refractivity contribution is 6.31. The van der Waals surface area contributed by atoms with Gasteiger partial charge in [0, 0.05) is 18.0 Å². The van der Waals surface area contributed by atoms with Crippen LogP contribution in [0.3, 0.4) is 0 Å². The van der Waals surface area contributed by atoms with E-state index in [0.29, 0.717) is 16.5 Å². The van der Waals surface area contributed by atoms with Crippen LogP contribution in [0.5, 0.6) is 5.75 Å². The summed E-state index contributed by atoms with van der Waals surface area (Å²) in [4.78, 5) is 48.8. The van der Waals surface area contributed by atoms with E-state index in [1.54, 1.807) is 18.2 Å². The molecule has 0 saturated carbocycles. The van der Waals surface area contributed by atoms with Crippen LogP contribution in [0.25, 0.3) is 0 Å². The molecule has 0 unspecified atom stereocenters. The minimum absolute atomic E-state index is 0.0553. The summed E-state index contributed by atoms with van der Waals surface area (Å²) in [6.45, 7) is 1.37. The Morgan fingerprint density at radius 1 is 1.30 bits per heavy atom. The number of anilines is 1. The lowest BCUT2D eigenvalue weighted by atomic mass is 10.1. The van der Waals surface area contributed by atoms with Crippen molar-refractivity contribution < 1.29 is 33.4 Å². The summed E-state index contributed by atoms with van der Waals surface area (Å²) < 4.78 is 14.6. The van der Waals surface area contributed by atoms with Gasteiger partial charge in [-0.1, -0.05) is 11.6 Å². The smallest absolute Gasteiger partial charge is 0.413 e. The number of hydrogen-bond donors (Lipinski definition) is 1. The molecule has 0 spiro atoms. The molecule has 0 bridgehead atoms. The Hall–Kier alpha value is -2.81. The number of nitrogens with zero attached hydrogens (tertiary/aromatic N) is 1. The molecular weight excluding hydrogens is 380 g/mol. The zero-order valence-electron chi connectivity index (χ0n) is 15.0. The van der Waals surface area contributed by atoms with Gasteiger partial charge in [-0.2, -0.15) is 0 Å². The van der Waals surface area contributed by atoms with Crippen molar-refractivity contribution in [3.8, 4) is 5.75 Å². The van der Waals surface area contributed by atoms with E-state index in [-0.39, 0.29) is 18.9 Å². The molecule has 10 heteroatoms. The highest BCUT2D eigenvalue weighted by atomic mass is 35.5. The van der Waals surface area contributed by atoms with Crippen LogP contribution in [0.1, 0.15) is 13.3 Å². The second-order valence-electron chi connectivity index (χ2n) is 5.78. The number of rotatable bonds is 5. The van der Waals surface area contributed by atoms with Crippen LogP contribution in [-0.2, 0) is 23.9 Å². The van der Waals surface area contributed by atoms with E-state index in [2.05, 4.69) is 4.74 Å². The van der Waals surface area contributed by atoms with E-state index < -0.39 is 30.0 Å². The summed E-state index contributed by atoms with van der Waals surface area (Å²) in [6, 6.07) is 4.81. The van der Waals surface area contributed by atoms with Crippen molar-refractivity contribution in [2.45, 2.75) is 19.4 Å². The summed E-state index contributed by atoms with van der Waals surface area (Å²) in [6.07, 6.45) is -2.26. The molecule has 3 amide bonds. The van der Waals surface area contributed by atoms with Crippen LogP contribution in [0, 0.1) is 5.92 Å². The Bertz CT molecular complexity index is 768. The first-order chi connectivity index (χ1) is 12.8. The fourth-order valence-corrected chi connectivity index (χ4v) is 2.72. The van der Waals surface area contributed by atoms with Gasteiger partial charge in [0.2, 0.25) is 5.91 Å². The number of ether oxygens (including phenoxy) is 3. The average Bonchev–Trinajstić information content (AvgIpc) is 3.03. The number of amides is 3. The SMILES string of the molecule is COC(=O)NC(=O)[C@@H](C)OC(=O)[C@@H]1CC(=O)N(c2cc(Cl)ccc2OC)C1. The molecule has 1 aliphatic heterocycles. The highest BCUT2D eigenvalue weighted by Crippen LogP contribution is 2.35. The number of nitrogens with one attached hydrogen (secondary N) is 1. The number of methoxy groups -OCH3 is 2. The molecule has 2 rings (SSSR count). The number of imide groups is 1. The quantitative estimate of drug-likeness (QED) is 0.748. The molecule has 146 valence electrons. The van der Waals surface area contributed by atoms with Gasteiger partial charge in [0.25, 0.3) is 5.91 Å². The number of alkyl carbamates (subject to hydrolysis) is 1. The molecular formula is C17H19ClN2O7. The van der Waals surface area contributed by atoms with Crippen molar-refractivity contribution >= 4 is 41.2 Å². The molecule has 1 fully saturated rings. The number of halogens is 1. The Labute approximate surface area is 160 Å². The van der Waals surface area contributed by atoms with Gasteiger partial charge in [0.15, 0.2) is 6.10 Å². The van der Waals surface area contributed by atoms with Gasteiger partial charge in [-0.25, -0.2) is 4.79 Å². The zero-order chi connectivity index (χ0) is 20.1. The molecule has 0 radical (unpaired) electrons. The first-order valence-electron chi connectivity index (χ1n) is 8.00. The predicted octanol–water partition coefficient (Wildman–Crippen LogP) is 1.52. The van der Waals surface area contributed by atoms with Gasteiger partial charge in [-0.3, -0.25) is 19.7 Å². The molecule has 0 aromatic heterocycles. The number of esters is 1. The van der Waals surface area contributed by atoms with Crippen molar-refractivity contribution in [2.24, 2.45) is 5.92 Å². The van der Waals surface area contributed by atoms with Crippen molar-refractivity contribution in [1.29, 1.82) is 0 Å². The van der Waals surface area contributed by atoms with Crippen molar-refractivity contribution in [3.63, 3.8) is 0 Å². The lowest BCUT2D eigenvalue weighted by molar-refractivity contribution is -0.158. The normalized spacial score (nSPS) is 17.3. The van der Waals surface area contributed by atoms with Gasteiger partial charge < -0.3 is 19.1 Å². The molecule has 2 atom stereocenters. The maximum Gasteiger partial charge on any atom is 0.413 e. The Kier molecular flexibility index (Phi) is 6.62. The molecule has 1 heterocycles. The molecule has 1 aliphatic rings. The first-order valence-corrected chi connectivity index (χ1v) is 8.37. The Morgan fingerprint density at radius 2 is 2.00 bits per heavy atom. The van der Waals surface area contributed by atoms with Gasteiger partial charge in [-0.05, 0) is 25.1 Å². The summed E-state index contributed by atoms with van der Waals surface area (Å²) in [7, 11) is 2.56. The maximum absolute atomic E-state index is 12.4. The summed E-state index contributed by atoms with van der Waals surface area (Å²) in [5.74, 6) is -2.18. The van der Waals surface area contributed by atoms with Gasteiger partial charge in [0.1, 0.15) is 5.75 Å². The monoisotopic (exact) mass is 398 g/mol. The van der Waals surface area contributed by atoms with E-state index in [0.717, 1.165) is 7.11 Å². The molecule has 1 aromatic rings. The third-order valence-corrected chi connectivity index (χ3v) is 4.20. The highest BCUT2D eigenvalue weighted by Gasteiger charge is 2.38. The fourth-order valence-electron chi connectivity index (χ4n) is 2.55. The van der Waals surface area contributed by atoms with Crippen molar-refractivity contribution in [1.82, 2.24) is 5.32 Å². The van der Waals surface area contributed by atoms with E-state index in [4.69, 9.17) is 21.1 Å². The Morgan fingerprint density at radius 3 is 2.63 bits per heavy atom. The number of carbonyl (C=O) groups excluding carboxylic acids is 4. The third kappa shape index (κ3) is 4.88. The molecule has 9 nitrogen and oxygen atoms in total. The van der Waals surface area contributed by atoms with Crippen LogP contribution in [0.4, 0.5) is 10.5 Å². The van der Waals surface area contributed by atoms with E-state index in [9.17, 15) is 19.2 Å². The molecule has 0 aliphatic carbocycles. The van der Waals surface area contributed by atoms with Crippen LogP contribution >= 0.6 is 11.6 Å². The van der Waals surface area contributed by atoms with E-state index >= 15 is 0 Å². The lowest BCUT2D eigenvalue weighted by Crippen LogP contribution is -2.40. The predicted molar refractivity (Wildman–Crippen MR) is 94.6 cm³/mol. The number of carbonyl (C=O) groups is 4. The molecule has 27 heavy (non-hydrogen) atoms. The summed E-state index contributed by atoms with van der Waals surface area (Å²) >= 11 is 5.99. The summed E-state index contributed by atoms with van der Waals surface area (Å²) in [5.41, 5.74) is 0.446. The van der Waals surface area contributed by atoms with E-state index in [1.807, 2.05) is 5.32 Å². The number of hydrogen-bond acceptors (Lipinski definition) is 7. The Balaban J connectivity index is 2.04. The number of benzene rings is 1. The first kappa shape index (κ1) is 20.5. The van der Waals surface area contributed by atoms with Crippen LogP contribution in [0.2, 0.25) is 5.02 Å². The third-order valence-electron chi connectivity index (χ3n) is 3.96. The zero-order valence-corrected chi connectivity index (χ0v) is 15.7. The minimum Gasteiger partial charge on any atom is -0.495 e. The van der Waals surface area contributed by atoms with Crippen LogP contribution < -0.4 is 15.0 Å². The maximum atomic E-state index is 12.4. The van der Waals surface area contributed by atoms with Gasteiger partial charge >= 0.3 is 12.1 Å². The lowest BCUT2D eigenvalue weighted by Gasteiger charge is -2.20. The second kappa shape index (κ2) is 8.72. The average molecular weight is 399 g/mol. The summed E-state index contributed by atoms with van der Waals surface area (Å²) in [5, 5.41) is 2.32. The fraction of sp³-hybridized carbons (Fsp3) is 0.412. The van der Waals surface area contributed by atoms with Crippen LogP contribution in [0.15, 0.2) is 18.2 Å². The van der Waals surface area contributed by atoms with Crippen LogP contribution in [-0.4, -0.2) is 50.7 Å². The molecule has 1 saturated heterocycles. The van der Waals surface area contributed by atoms with Crippen molar-refractivity contribution in [3.05, 3.63) is 23.2 Å². The second-order valence-corrected chi connectivity index (χ2v) is 6.22.